The second-order valence-corrected chi connectivity index (χ2v) is 10.2. The number of hydrazine groups is 1. The lowest BCUT2D eigenvalue weighted by Gasteiger charge is -2.55. The van der Waals surface area contributed by atoms with Crippen molar-refractivity contribution in [1.29, 1.82) is 0 Å². The number of nitrogens with zero attached hydrogens (tertiary/aromatic N) is 4. The van der Waals surface area contributed by atoms with E-state index in [1.54, 1.807) is 25.9 Å². The molecule has 9 heteroatoms. The standard InChI is InChI=1S/C27H34ClN5O3/c1-4-31-18-25(34)32-23(13-19(2)3)26(35)30(16-21-11-8-12-22(28)14-21)17-24(32)33(31)27(36)29-15-20-9-6-5-7-10-20/h5-12,14,19,23-24H,4,13,15-18H2,1-3H3,(H,29,36)/t23-,24-/m0/s1. The van der Waals surface area contributed by atoms with Gasteiger partial charge >= 0.3 is 6.03 Å². The van der Waals surface area contributed by atoms with Gasteiger partial charge in [0, 0.05) is 24.7 Å². The average Bonchev–Trinajstić information content (AvgIpc) is 2.85. The largest absolute Gasteiger partial charge is 0.334 e. The quantitative estimate of drug-likeness (QED) is 0.615. The number of hydrogen-bond acceptors (Lipinski definition) is 4. The summed E-state index contributed by atoms with van der Waals surface area (Å²) < 4.78 is 0. The van der Waals surface area contributed by atoms with E-state index in [4.69, 9.17) is 11.6 Å². The number of urea groups is 1. The van der Waals surface area contributed by atoms with Gasteiger partial charge in [0.1, 0.15) is 12.2 Å². The van der Waals surface area contributed by atoms with Crippen molar-refractivity contribution in [2.75, 3.05) is 19.6 Å². The summed E-state index contributed by atoms with van der Waals surface area (Å²) >= 11 is 6.19. The predicted octanol–water partition coefficient (Wildman–Crippen LogP) is 3.71. The molecule has 0 unspecified atom stereocenters. The third kappa shape index (κ3) is 5.65. The molecule has 2 aromatic rings. The molecule has 192 valence electrons. The van der Waals surface area contributed by atoms with Gasteiger partial charge < -0.3 is 15.1 Å². The Labute approximate surface area is 217 Å². The number of hydrogen-bond donors (Lipinski definition) is 1. The van der Waals surface area contributed by atoms with Crippen LogP contribution in [0.25, 0.3) is 0 Å². The fourth-order valence-corrected chi connectivity index (χ4v) is 5.20. The lowest BCUT2D eigenvalue weighted by Crippen LogP contribution is -2.76. The van der Waals surface area contributed by atoms with Gasteiger partial charge in [-0.2, -0.15) is 0 Å². The van der Waals surface area contributed by atoms with E-state index in [9.17, 15) is 14.4 Å². The predicted molar refractivity (Wildman–Crippen MR) is 139 cm³/mol. The number of rotatable bonds is 7. The van der Waals surface area contributed by atoms with Crippen molar-refractivity contribution in [3.63, 3.8) is 0 Å². The molecule has 2 aliphatic rings. The zero-order valence-corrected chi connectivity index (χ0v) is 21.8. The molecule has 36 heavy (non-hydrogen) atoms. The fraction of sp³-hybridized carbons (Fsp3) is 0.444. The van der Waals surface area contributed by atoms with Crippen molar-refractivity contribution < 1.29 is 14.4 Å². The molecule has 0 saturated carbocycles. The van der Waals surface area contributed by atoms with Crippen LogP contribution in [0, 0.1) is 5.92 Å². The number of likely N-dealkylation sites (N-methyl/N-ethyl adjacent to an activating group) is 1. The minimum Gasteiger partial charge on any atom is -0.333 e. The van der Waals surface area contributed by atoms with Crippen molar-refractivity contribution in [2.45, 2.75) is 52.5 Å². The summed E-state index contributed by atoms with van der Waals surface area (Å²) in [6.07, 6.45) is -0.0683. The summed E-state index contributed by atoms with van der Waals surface area (Å²) in [5.41, 5.74) is 1.89. The first kappa shape index (κ1) is 26.0. The van der Waals surface area contributed by atoms with Crippen LogP contribution < -0.4 is 5.32 Å². The zero-order chi connectivity index (χ0) is 25.8. The first-order valence-electron chi connectivity index (χ1n) is 12.5. The van der Waals surface area contributed by atoms with E-state index in [2.05, 4.69) is 5.32 Å². The van der Waals surface area contributed by atoms with Crippen molar-refractivity contribution in [3.05, 3.63) is 70.7 Å². The molecule has 2 aliphatic heterocycles. The molecular formula is C27H34ClN5O3. The first-order chi connectivity index (χ1) is 17.3. The third-order valence-electron chi connectivity index (χ3n) is 6.65. The Morgan fingerprint density at radius 2 is 1.81 bits per heavy atom. The molecule has 0 radical (unpaired) electrons. The Kier molecular flexibility index (Phi) is 8.16. The fourth-order valence-electron chi connectivity index (χ4n) is 4.99. The average molecular weight is 512 g/mol. The maximum absolute atomic E-state index is 13.7. The molecule has 0 aliphatic carbocycles. The molecule has 2 saturated heterocycles. The minimum atomic E-state index is -0.626. The topological polar surface area (TPSA) is 76.2 Å². The minimum absolute atomic E-state index is 0.0575. The molecule has 0 bridgehead atoms. The Morgan fingerprint density at radius 3 is 2.47 bits per heavy atom. The highest BCUT2D eigenvalue weighted by atomic mass is 35.5. The number of piperazine rings is 1. The zero-order valence-electron chi connectivity index (χ0n) is 21.1. The highest BCUT2D eigenvalue weighted by Crippen LogP contribution is 2.30. The lowest BCUT2D eigenvalue weighted by atomic mass is 9.96. The van der Waals surface area contributed by atoms with Crippen molar-refractivity contribution >= 4 is 29.4 Å². The van der Waals surface area contributed by atoms with Gasteiger partial charge in [-0.1, -0.05) is 74.8 Å². The molecule has 8 nitrogen and oxygen atoms in total. The molecule has 2 fully saturated rings. The second kappa shape index (κ2) is 11.3. The van der Waals surface area contributed by atoms with Crippen LogP contribution in [0.4, 0.5) is 4.79 Å². The summed E-state index contributed by atoms with van der Waals surface area (Å²) in [6.45, 7) is 7.50. The Balaban J connectivity index is 1.64. The van der Waals surface area contributed by atoms with Gasteiger partial charge in [-0.25, -0.2) is 14.8 Å². The molecule has 2 aromatic carbocycles. The van der Waals surface area contributed by atoms with Gasteiger partial charge in [-0.15, -0.1) is 0 Å². The summed E-state index contributed by atoms with van der Waals surface area (Å²) in [4.78, 5) is 43.9. The Bertz CT molecular complexity index is 1100. The number of fused-ring (bicyclic) bond motifs is 1. The number of halogens is 1. The van der Waals surface area contributed by atoms with Crippen LogP contribution in [-0.4, -0.2) is 69.5 Å². The highest BCUT2D eigenvalue weighted by Gasteiger charge is 2.51. The maximum atomic E-state index is 13.7. The van der Waals surface area contributed by atoms with Gasteiger partial charge in [0.15, 0.2) is 0 Å². The number of carbonyl (C=O) groups is 3. The van der Waals surface area contributed by atoms with Gasteiger partial charge in [-0.3, -0.25) is 9.59 Å². The smallest absolute Gasteiger partial charge is 0.333 e. The van der Waals surface area contributed by atoms with Crippen LogP contribution in [-0.2, 0) is 22.7 Å². The number of benzene rings is 2. The van der Waals surface area contributed by atoms with E-state index in [0.717, 1.165) is 11.1 Å². The Hall–Kier alpha value is -3.10. The van der Waals surface area contributed by atoms with E-state index < -0.39 is 12.2 Å². The summed E-state index contributed by atoms with van der Waals surface area (Å²) in [6, 6.07) is 16.2. The van der Waals surface area contributed by atoms with E-state index >= 15 is 0 Å². The van der Waals surface area contributed by atoms with Crippen molar-refractivity contribution in [2.24, 2.45) is 5.92 Å². The molecule has 0 spiro atoms. The summed E-state index contributed by atoms with van der Waals surface area (Å²) in [5.74, 6) is -0.0266. The summed E-state index contributed by atoms with van der Waals surface area (Å²) in [7, 11) is 0. The van der Waals surface area contributed by atoms with Gasteiger partial charge in [0.2, 0.25) is 11.8 Å². The number of nitrogens with one attached hydrogen (secondary N) is 1. The molecule has 2 heterocycles. The maximum Gasteiger partial charge on any atom is 0.334 e. The van der Waals surface area contributed by atoms with Crippen molar-refractivity contribution in [1.82, 2.24) is 25.1 Å². The highest BCUT2D eigenvalue weighted by molar-refractivity contribution is 6.30. The first-order valence-corrected chi connectivity index (χ1v) is 12.9. The van der Waals surface area contributed by atoms with Crippen LogP contribution in [0.5, 0.6) is 0 Å². The van der Waals surface area contributed by atoms with E-state index in [1.807, 2.05) is 69.3 Å². The second-order valence-electron chi connectivity index (χ2n) is 9.75. The molecule has 4 rings (SSSR count). The molecular weight excluding hydrogens is 478 g/mol. The lowest BCUT2D eigenvalue weighted by molar-refractivity contribution is -0.191. The molecule has 1 N–H and O–H groups in total. The van der Waals surface area contributed by atoms with Gasteiger partial charge in [-0.05, 0) is 35.6 Å². The van der Waals surface area contributed by atoms with E-state index in [-0.39, 0.29) is 36.9 Å². The van der Waals surface area contributed by atoms with Crippen LogP contribution in [0.2, 0.25) is 5.02 Å². The van der Waals surface area contributed by atoms with Gasteiger partial charge in [0.25, 0.3) is 0 Å². The van der Waals surface area contributed by atoms with Crippen molar-refractivity contribution in [3.8, 4) is 0 Å². The summed E-state index contributed by atoms with van der Waals surface area (Å²) in [5, 5.41) is 7.01. The third-order valence-corrected chi connectivity index (χ3v) is 6.88. The van der Waals surface area contributed by atoms with E-state index in [0.29, 0.717) is 31.1 Å². The van der Waals surface area contributed by atoms with Crippen LogP contribution in [0.3, 0.4) is 0 Å². The molecule has 0 aromatic heterocycles. The van der Waals surface area contributed by atoms with Crippen LogP contribution >= 0.6 is 11.6 Å². The monoisotopic (exact) mass is 511 g/mol. The van der Waals surface area contributed by atoms with E-state index in [1.165, 1.54) is 0 Å². The Morgan fingerprint density at radius 1 is 1.08 bits per heavy atom. The number of carbonyl (C=O) groups excluding carboxylic acids is 3. The molecule has 2 atom stereocenters. The molecule has 4 amide bonds. The van der Waals surface area contributed by atoms with Crippen LogP contribution in [0.15, 0.2) is 54.6 Å². The SMILES string of the molecule is CCN1CC(=O)N2[C@@H](CC(C)C)C(=O)N(Cc3cccc(Cl)c3)C[C@@H]2N1C(=O)NCc1ccccc1. The number of amides is 4. The normalized spacial score (nSPS) is 20.6. The van der Waals surface area contributed by atoms with Crippen LogP contribution in [0.1, 0.15) is 38.3 Å². The van der Waals surface area contributed by atoms with Gasteiger partial charge in [0.05, 0.1) is 13.1 Å².